The second-order valence-corrected chi connectivity index (χ2v) is 5.60. The van der Waals surface area contributed by atoms with Crippen molar-refractivity contribution < 1.29 is 13.6 Å². The van der Waals surface area contributed by atoms with Gasteiger partial charge in [0.2, 0.25) is 5.91 Å². The fourth-order valence-corrected chi connectivity index (χ4v) is 2.33. The molecule has 0 spiro atoms. The minimum atomic E-state index is -0.734. The maximum Gasteiger partial charge on any atom is 0.243 e. The Kier molecular flexibility index (Phi) is 6.54. The molecule has 0 aromatic heterocycles. The zero-order valence-corrected chi connectivity index (χ0v) is 14.4. The van der Waals surface area contributed by atoms with Crippen molar-refractivity contribution in [1.29, 1.82) is 0 Å². The van der Waals surface area contributed by atoms with Gasteiger partial charge in [-0.3, -0.25) is 4.79 Å². The number of carbonyl (C=O) groups excluding carboxylic acids is 1. The van der Waals surface area contributed by atoms with Crippen LogP contribution in [0.15, 0.2) is 53.2 Å². The second kappa shape index (κ2) is 8.84. The SMILES string of the molecule is C=C(N)c1cccc(-c2ccc(F)cc2F)c1/N=N\CC(=O)NCCC. The predicted molar refractivity (Wildman–Crippen MR) is 97.7 cm³/mol. The molecule has 7 heteroatoms. The van der Waals surface area contributed by atoms with Crippen LogP contribution in [0.5, 0.6) is 0 Å². The van der Waals surface area contributed by atoms with Gasteiger partial charge in [-0.05, 0) is 18.6 Å². The number of carbonyl (C=O) groups is 1. The Balaban J connectivity index is 2.42. The molecule has 0 aliphatic carbocycles. The number of halogens is 2. The average Bonchev–Trinajstić information content (AvgIpc) is 2.60. The van der Waals surface area contributed by atoms with Gasteiger partial charge in [-0.1, -0.05) is 31.7 Å². The van der Waals surface area contributed by atoms with Gasteiger partial charge < -0.3 is 11.1 Å². The van der Waals surface area contributed by atoms with Crippen molar-refractivity contribution in [2.75, 3.05) is 13.1 Å². The molecular formula is C19H20F2N4O. The van der Waals surface area contributed by atoms with E-state index in [9.17, 15) is 13.6 Å². The first-order valence-electron chi connectivity index (χ1n) is 8.11. The zero-order chi connectivity index (χ0) is 19.1. The Morgan fingerprint density at radius 1 is 1.23 bits per heavy atom. The fourth-order valence-electron chi connectivity index (χ4n) is 2.33. The predicted octanol–water partition coefficient (Wildman–Crippen LogP) is 4.17. The van der Waals surface area contributed by atoms with Crippen molar-refractivity contribution in [1.82, 2.24) is 5.32 Å². The summed E-state index contributed by atoms with van der Waals surface area (Å²) >= 11 is 0. The van der Waals surface area contributed by atoms with E-state index >= 15 is 0 Å². The Labute approximate surface area is 150 Å². The van der Waals surface area contributed by atoms with Gasteiger partial charge in [-0.25, -0.2) is 8.78 Å². The van der Waals surface area contributed by atoms with Crippen molar-refractivity contribution in [3.63, 3.8) is 0 Å². The zero-order valence-electron chi connectivity index (χ0n) is 14.4. The Morgan fingerprint density at radius 3 is 2.65 bits per heavy atom. The van der Waals surface area contributed by atoms with E-state index < -0.39 is 11.6 Å². The standard InChI is InChI=1S/C19H20F2N4O/c1-3-9-23-18(26)11-24-25-19-14(12(2)22)5-4-6-16(19)15-8-7-13(20)10-17(15)21/h4-8,10H,2-3,9,11,22H2,1H3,(H,23,26)/b25-24-. The normalized spacial score (nSPS) is 10.9. The van der Waals surface area contributed by atoms with Crippen LogP contribution in [0.4, 0.5) is 14.5 Å². The second-order valence-electron chi connectivity index (χ2n) is 5.60. The number of azo groups is 1. The molecule has 26 heavy (non-hydrogen) atoms. The molecular weight excluding hydrogens is 338 g/mol. The van der Waals surface area contributed by atoms with Crippen molar-refractivity contribution in [2.45, 2.75) is 13.3 Å². The highest BCUT2D eigenvalue weighted by Gasteiger charge is 2.15. The van der Waals surface area contributed by atoms with Crippen LogP contribution in [0.25, 0.3) is 16.8 Å². The molecule has 0 radical (unpaired) electrons. The number of hydrogen-bond donors (Lipinski definition) is 2. The molecule has 0 saturated heterocycles. The molecule has 2 aromatic carbocycles. The van der Waals surface area contributed by atoms with Gasteiger partial charge in [0.1, 0.15) is 23.9 Å². The number of rotatable bonds is 7. The molecule has 3 N–H and O–H groups in total. The summed E-state index contributed by atoms with van der Waals surface area (Å²) < 4.78 is 27.4. The van der Waals surface area contributed by atoms with Gasteiger partial charge in [0.25, 0.3) is 0 Å². The van der Waals surface area contributed by atoms with E-state index in [0.29, 0.717) is 17.7 Å². The van der Waals surface area contributed by atoms with Crippen molar-refractivity contribution in [3.8, 4) is 11.1 Å². The summed E-state index contributed by atoms with van der Waals surface area (Å²) in [5.41, 5.74) is 7.28. The smallest absolute Gasteiger partial charge is 0.243 e. The van der Waals surface area contributed by atoms with E-state index in [4.69, 9.17) is 5.73 Å². The number of benzene rings is 2. The van der Waals surface area contributed by atoms with Crippen LogP contribution in [0.2, 0.25) is 0 Å². The topological polar surface area (TPSA) is 79.8 Å². The van der Waals surface area contributed by atoms with Crippen LogP contribution >= 0.6 is 0 Å². The molecule has 0 aliphatic heterocycles. The number of nitrogens with one attached hydrogen (secondary N) is 1. The van der Waals surface area contributed by atoms with E-state index in [1.807, 2.05) is 6.92 Å². The molecule has 0 atom stereocenters. The molecule has 0 unspecified atom stereocenters. The Hall–Kier alpha value is -3.09. The lowest BCUT2D eigenvalue weighted by molar-refractivity contribution is -0.119. The minimum Gasteiger partial charge on any atom is -0.399 e. The number of nitrogens with zero attached hydrogens (tertiary/aromatic N) is 2. The van der Waals surface area contributed by atoms with Crippen molar-refractivity contribution in [3.05, 3.63) is 60.2 Å². The lowest BCUT2D eigenvalue weighted by atomic mass is 9.98. The van der Waals surface area contributed by atoms with Gasteiger partial charge in [0.05, 0.1) is 0 Å². The van der Waals surface area contributed by atoms with Crippen LogP contribution < -0.4 is 11.1 Å². The van der Waals surface area contributed by atoms with E-state index in [0.717, 1.165) is 18.6 Å². The first kappa shape index (κ1) is 19.2. The first-order chi connectivity index (χ1) is 12.4. The highest BCUT2D eigenvalue weighted by Crippen LogP contribution is 2.37. The molecule has 5 nitrogen and oxygen atoms in total. The van der Waals surface area contributed by atoms with E-state index in [1.165, 1.54) is 6.07 Å². The van der Waals surface area contributed by atoms with Crippen LogP contribution in [0.3, 0.4) is 0 Å². The molecule has 136 valence electrons. The third kappa shape index (κ3) is 4.72. The maximum absolute atomic E-state index is 14.2. The highest BCUT2D eigenvalue weighted by atomic mass is 19.1. The summed E-state index contributed by atoms with van der Waals surface area (Å²) in [5, 5.41) is 10.6. The van der Waals surface area contributed by atoms with Gasteiger partial charge >= 0.3 is 0 Å². The number of amides is 1. The fraction of sp³-hybridized carbons (Fsp3) is 0.211. The highest BCUT2D eigenvalue weighted by molar-refractivity contribution is 5.85. The van der Waals surface area contributed by atoms with Crippen LogP contribution in [-0.4, -0.2) is 19.0 Å². The first-order valence-corrected chi connectivity index (χ1v) is 8.11. The van der Waals surface area contributed by atoms with Gasteiger partial charge in [-0.15, -0.1) is 0 Å². The lowest BCUT2D eigenvalue weighted by Crippen LogP contribution is -2.25. The van der Waals surface area contributed by atoms with Crippen LogP contribution in [-0.2, 0) is 4.79 Å². The van der Waals surface area contributed by atoms with Gasteiger partial charge in [-0.2, -0.15) is 10.2 Å². The maximum atomic E-state index is 14.2. The van der Waals surface area contributed by atoms with E-state index in [1.54, 1.807) is 18.2 Å². The third-order valence-electron chi connectivity index (χ3n) is 3.56. The monoisotopic (exact) mass is 358 g/mol. The van der Waals surface area contributed by atoms with Crippen molar-refractivity contribution >= 4 is 17.3 Å². The summed E-state index contributed by atoms with van der Waals surface area (Å²) in [6.07, 6.45) is 0.812. The third-order valence-corrected chi connectivity index (χ3v) is 3.56. The molecule has 0 heterocycles. The summed E-state index contributed by atoms with van der Waals surface area (Å²) in [6, 6.07) is 8.21. The summed E-state index contributed by atoms with van der Waals surface area (Å²) in [5.74, 6) is -1.68. The molecule has 0 aliphatic rings. The Morgan fingerprint density at radius 2 is 2.00 bits per heavy atom. The van der Waals surface area contributed by atoms with Crippen molar-refractivity contribution in [2.24, 2.45) is 16.0 Å². The minimum absolute atomic E-state index is 0.152. The summed E-state index contributed by atoms with van der Waals surface area (Å²) in [7, 11) is 0. The lowest BCUT2D eigenvalue weighted by Gasteiger charge is -2.11. The quantitative estimate of drug-likeness (QED) is 0.729. The largest absolute Gasteiger partial charge is 0.399 e. The average molecular weight is 358 g/mol. The number of nitrogens with two attached hydrogens (primary N) is 1. The van der Waals surface area contributed by atoms with E-state index in [-0.39, 0.29) is 29.4 Å². The molecule has 0 bridgehead atoms. The van der Waals surface area contributed by atoms with Gasteiger partial charge in [0, 0.05) is 35.0 Å². The molecule has 1 amide bonds. The number of hydrogen-bond acceptors (Lipinski definition) is 4. The van der Waals surface area contributed by atoms with E-state index in [2.05, 4.69) is 22.1 Å². The Bertz CT molecular complexity index is 849. The molecule has 2 rings (SSSR count). The van der Waals surface area contributed by atoms with Crippen LogP contribution in [0, 0.1) is 11.6 Å². The van der Waals surface area contributed by atoms with Crippen LogP contribution in [0.1, 0.15) is 18.9 Å². The molecule has 0 saturated carbocycles. The molecule has 2 aromatic rings. The summed E-state index contributed by atoms with van der Waals surface area (Å²) in [4.78, 5) is 11.6. The molecule has 0 fully saturated rings. The summed E-state index contributed by atoms with van der Waals surface area (Å²) in [6.45, 7) is 6.01. The van der Waals surface area contributed by atoms with Gasteiger partial charge in [0.15, 0.2) is 0 Å².